The van der Waals surface area contributed by atoms with E-state index in [0.29, 0.717) is 11.7 Å². The zero-order chi connectivity index (χ0) is 11.4. The Morgan fingerprint density at radius 2 is 2.25 bits per heavy atom. The Bertz CT molecular complexity index is 374. The minimum Gasteiger partial charge on any atom is -0.342 e. The van der Waals surface area contributed by atoms with E-state index in [0.717, 1.165) is 18.8 Å². The van der Waals surface area contributed by atoms with Gasteiger partial charge in [-0.25, -0.2) is 0 Å². The Morgan fingerprint density at radius 3 is 2.88 bits per heavy atom. The van der Waals surface area contributed by atoms with Gasteiger partial charge in [-0.2, -0.15) is 0 Å². The summed E-state index contributed by atoms with van der Waals surface area (Å²) in [4.78, 5) is 13.5. The normalized spacial score (nSPS) is 14.7. The topological polar surface area (TPSA) is 20.3 Å². The maximum atomic E-state index is 11.6. The monoisotopic (exact) mass is 235 g/mol. The number of likely N-dealkylation sites (tertiary alicyclic amines) is 1. The lowest BCUT2D eigenvalue weighted by molar-refractivity contribution is -0.131. The Balaban J connectivity index is 1.73. The maximum absolute atomic E-state index is 11.6. The Labute approximate surface area is 101 Å². The average Bonchev–Trinajstić information content (AvgIpc) is 2.15. The van der Waals surface area contributed by atoms with Gasteiger partial charge >= 0.3 is 0 Å². The number of aryl methyl sites for hydroxylation is 1. The summed E-state index contributed by atoms with van der Waals surface area (Å²) in [5.41, 5.74) is 2.59. The predicted octanol–water partition coefficient (Wildman–Crippen LogP) is 2.46. The molecule has 2 nitrogen and oxygen atoms in total. The van der Waals surface area contributed by atoms with Crippen LogP contribution in [0.2, 0.25) is 0 Å². The maximum Gasteiger partial charge on any atom is 0.232 e. The molecule has 1 aliphatic heterocycles. The van der Waals surface area contributed by atoms with Gasteiger partial charge in [-0.15, -0.1) is 11.8 Å². The molecule has 0 spiro atoms. The third kappa shape index (κ3) is 3.01. The lowest BCUT2D eigenvalue weighted by atomic mass is 10.2. The lowest BCUT2D eigenvalue weighted by Crippen LogP contribution is -2.43. The molecule has 86 valence electrons. The third-order valence-corrected chi connectivity index (χ3v) is 3.77. The summed E-state index contributed by atoms with van der Waals surface area (Å²) in [6.45, 7) is 4.02. The second-order valence-electron chi connectivity index (χ2n) is 4.22. The van der Waals surface area contributed by atoms with Crippen molar-refractivity contribution in [2.45, 2.75) is 19.1 Å². The van der Waals surface area contributed by atoms with Crippen LogP contribution in [0, 0.1) is 6.92 Å². The highest BCUT2D eigenvalue weighted by molar-refractivity contribution is 7.99. The standard InChI is InChI=1S/C13H17NOS/c1-11-4-2-5-12(8-11)9-16-10-13(15)14-6-3-7-14/h2,4-5,8H,3,6-7,9-10H2,1H3. The second kappa shape index (κ2) is 5.39. The molecule has 0 atom stereocenters. The van der Waals surface area contributed by atoms with Crippen molar-refractivity contribution in [3.8, 4) is 0 Å². The van der Waals surface area contributed by atoms with E-state index in [1.807, 2.05) is 4.90 Å². The van der Waals surface area contributed by atoms with Crippen LogP contribution in [0.3, 0.4) is 0 Å². The molecule has 1 saturated heterocycles. The summed E-state index contributed by atoms with van der Waals surface area (Å²) in [5.74, 6) is 1.85. The lowest BCUT2D eigenvalue weighted by Gasteiger charge is -2.30. The van der Waals surface area contributed by atoms with Gasteiger partial charge in [-0.05, 0) is 18.9 Å². The first-order valence-corrected chi connectivity index (χ1v) is 6.82. The SMILES string of the molecule is Cc1cccc(CSCC(=O)N2CCC2)c1. The minimum absolute atomic E-state index is 0.295. The minimum atomic E-state index is 0.295. The van der Waals surface area contributed by atoms with E-state index < -0.39 is 0 Å². The van der Waals surface area contributed by atoms with Gasteiger partial charge in [-0.3, -0.25) is 4.79 Å². The number of carbonyl (C=O) groups excluding carboxylic acids is 1. The Morgan fingerprint density at radius 1 is 1.44 bits per heavy atom. The summed E-state index contributed by atoms with van der Waals surface area (Å²) in [6, 6.07) is 8.47. The largest absolute Gasteiger partial charge is 0.342 e. The molecular formula is C13H17NOS. The smallest absolute Gasteiger partial charge is 0.232 e. The van der Waals surface area contributed by atoms with Crippen molar-refractivity contribution in [3.63, 3.8) is 0 Å². The molecule has 0 aliphatic carbocycles. The van der Waals surface area contributed by atoms with Gasteiger partial charge in [0.25, 0.3) is 0 Å². The summed E-state index contributed by atoms with van der Waals surface area (Å²) >= 11 is 1.71. The van der Waals surface area contributed by atoms with Crippen molar-refractivity contribution in [3.05, 3.63) is 35.4 Å². The first kappa shape index (κ1) is 11.5. The van der Waals surface area contributed by atoms with Crippen LogP contribution in [0.1, 0.15) is 17.5 Å². The summed E-state index contributed by atoms with van der Waals surface area (Å²) in [5, 5.41) is 0. The van der Waals surface area contributed by atoms with Crippen molar-refractivity contribution in [1.29, 1.82) is 0 Å². The van der Waals surface area contributed by atoms with Crippen molar-refractivity contribution in [1.82, 2.24) is 4.90 Å². The Hall–Kier alpha value is -0.960. The van der Waals surface area contributed by atoms with Gasteiger partial charge in [-0.1, -0.05) is 29.8 Å². The van der Waals surface area contributed by atoms with E-state index in [1.54, 1.807) is 11.8 Å². The molecule has 3 heteroatoms. The predicted molar refractivity (Wildman–Crippen MR) is 68.5 cm³/mol. The average molecular weight is 235 g/mol. The molecule has 1 amide bonds. The number of amides is 1. The molecule has 1 fully saturated rings. The van der Waals surface area contributed by atoms with Gasteiger partial charge in [0.15, 0.2) is 0 Å². The van der Waals surface area contributed by atoms with Crippen molar-refractivity contribution >= 4 is 17.7 Å². The molecule has 1 aliphatic rings. The van der Waals surface area contributed by atoms with Crippen LogP contribution in [0.15, 0.2) is 24.3 Å². The van der Waals surface area contributed by atoms with Gasteiger partial charge < -0.3 is 4.90 Å². The molecule has 1 heterocycles. The molecule has 1 aromatic rings. The highest BCUT2D eigenvalue weighted by Gasteiger charge is 2.19. The van der Waals surface area contributed by atoms with Crippen LogP contribution in [0.25, 0.3) is 0 Å². The fraction of sp³-hybridized carbons (Fsp3) is 0.462. The number of hydrogen-bond acceptors (Lipinski definition) is 2. The molecule has 2 rings (SSSR count). The van der Waals surface area contributed by atoms with E-state index in [1.165, 1.54) is 17.5 Å². The molecular weight excluding hydrogens is 218 g/mol. The van der Waals surface area contributed by atoms with Crippen LogP contribution in [0.4, 0.5) is 0 Å². The quantitative estimate of drug-likeness (QED) is 0.799. The Kier molecular flexibility index (Phi) is 3.88. The highest BCUT2D eigenvalue weighted by atomic mass is 32.2. The van der Waals surface area contributed by atoms with Crippen LogP contribution >= 0.6 is 11.8 Å². The van der Waals surface area contributed by atoms with Crippen LogP contribution in [0.5, 0.6) is 0 Å². The summed E-state index contributed by atoms with van der Waals surface area (Å²) < 4.78 is 0. The number of carbonyl (C=O) groups is 1. The molecule has 0 unspecified atom stereocenters. The number of benzene rings is 1. The van der Waals surface area contributed by atoms with E-state index >= 15 is 0 Å². The van der Waals surface area contributed by atoms with E-state index in [4.69, 9.17) is 0 Å². The highest BCUT2D eigenvalue weighted by Crippen LogP contribution is 2.15. The van der Waals surface area contributed by atoms with E-state index in [-0.39, 0.29) is 0 Å². The third-order valence-electron chi connectivity index (χ3n) is 2.79. The number of thioether (sulfide) groups is 1. The summed E-state index contributed by atoms with van der Waals surface area (Å²) in [6.07, 6.45) is 1.17. The molecule has 0 bridgehead atoms. The molecule has 0 aromatic heterocycles. The molecule has 0 saturated carbocycles. The van der Waals surface area contributed by atoms with Crippen molar-refractivity contribution in [2.75, 3.05) is 18.8 Å². The van der Waals surface area contributed by atoms with Gasteiger partial charge in [0, 0.05) is 18.8 Å². The number of rotatable bonds is 4. The number of nitrogens with zero attached hydrogens (tertiary/aromatic N) is 1. The first-order chi connectivity index (χ1) is 7.75. The second-order valence-corrected chi connectivity index (χ2v) is 5.20. The van der Waals surface area contributed by atoms with Crippen LogP contribution < -0.4 is 0 Å². The zero-order valence-corrected chi connectivity index (χ0v) is 10.4. The van der Waals surface area contributed by atoms with E-state index in [2.05, 4.69) is 31.2 Å². The van der Waals surface area contributed by atoms with Gasteiger partial charge in [0.05, 0.1) is 5.75 Å². The fourth-order valence-corrected chi connectivity index (χ4v) is 2.59. The summed E-state index contributed by atoms with van der Waals surface area (Å²) in [7, 11) is 0. The van der Waals surface area contributed by atoms with Crippen LogP contribution in [-0.4, -0.2) is 29.6 Å². The first-order valence-electron chi connectivity index (χ1n) is 5.67. The molecule has 16 heavy (non-hydrogen) atoms. The van der Waals surface area contributed by atoms with Crippen molar-refractivity contribution < 1.29 is 4.79 Å². The zero-order valence-electron chi connectivity index (χ0n) is 9.61. The van der Waals surface area contributed by atoms with Crippen molar-refractivity contribution in [2.24, 2.45) is 0 Å². The molecule has 0 radical (unpaired) electrons. The van der Waals surface area contributed by atoms with Gasteiger partial charge in [0.2, 0.25) is 5.91 Å². The molecule has 1 aromatic carbocycles. The van der Waals surface area contributed by atoms with E-state index in [9.17, 15) is 4.79 Å². The molecule has 0 N–H and O–H groups in total. The number of hydrogen-bond donors (Lipinski definition) is 0. The van der Waals surface area contributed by atoms with Crippen LogP contribution in [-0.2, 0) is 10.5 Å². The fourth-order valence-electron chi connectivity index (χ4n) is 1.72. The van der Waals surface area contributed by atoms with Gasteiger partial charge in [0.1, 0.15) is 0 Å².